The summed E-state index contributed by atoms with van der Waals surface area (Å²) in [5.41, 5.74) is 0.657. The zero-order chi connectivity index (χ0) is 14.6. The number of nitrogens with zero attached hydrogens (tertiary/aromatic N) is 1. The first-order chi connectivity index (χ1) is 8.69. The van der Waals surface area contributed by atoms with Gasteiger partial charge in [-0.2, -0.15) is 0 Å². The predicted molar refractivity (Wildman–Crippen MR) is 75.0 cm³/mol. The third-order valence-electron chi connectivity index (χ3n) is 3.13. The molecule has 4 nitrogen and oxygen atoms in total. The molecule has 0 aromatic carbocycles. The Morgan fingerprint density at radius 1 is 1.42 bits per heavy atom. The van der Waals surface area contributed by atoms with Gasteiger partial charge in [0, 0.05) is 19.0 Å². The fourth-order valence-corrected chi connectivity index (χ4v) is 2.20. The van der Waals surface area contributed by atoms with Crippen molar-refractivity contribution in [2.75, 3.05) is 6.54 Å². The van der Waals surface area contributed by atoms with E-state index in [1.807, 2.05) is 20.8 Å². The van der Waals surface area contributed by atoms with E-state index in [4.69, 9.17) is 4.74 Å². The van der Waals surface area contributed by atoms with Gasteiger partial charge in [-0.15, -0.1) is 0 Å². The summed E-state index contributed by atoms with van der Waals surface area (Å²) >= 11 is 0. The van der Waals surface area contributed by atoms with Crippen LogP contribution in [-0.4, -0.2) is 35.0 Å². The lowest BCUT2D eigenvalue weighted by atomic mass is 9.94. The van der Waals surface area contributed by atoms with Gasteiger partial charge < -0.3 is 14.4 Å². The van der Waals surface area contributed by atoms with Crippen LogP contribution in [0.4, 0.5) is 4.79 Å². The minimum absolute atomic E-state index is 0.0417. The summed E-state index contributed by atoms with van der Waals surface area (Å²) in [4.78, 5) is 25.0. The van der Waals surface area contributed by atoms with Crippen LogP contribution in [0.15, 0.2) is 12.2 Å². The molecule has 108 valence electrons. The lowest BCUT2D eigenvalue weighted by Crippen LogP contribution is -2.46. The molecular weight excluding hydrogens is 242 g/mol. The maximum atomic E-state index is 12.2. The molecule has 0 aromatic heterocycles. The van der Waals surface area contributed by atoms with Crippen molar-refractivity contribution in [1.82, 2.24) is 4.90 Å². The highest BCUT2D eigenvalue weighted by Gasteiger charge is 2.31. The van der Waals surface area contributed by atoms with Crippen molar-refractivity contribution in [3.63, 3.8) is 0 Å². The van der Waals surface area contributed by atoms with Crippen molar-refractivity contribution in [3.8, 4) is 0 Å². The molecule has 0 aromatic rings. The molecule has 0 spiro atoms. The molecule has 0 bridgehead atoms. The minimum atomic E-state index is -0.489. The summed E-state index contributed by atoms with van der Waals surface area (Å²) < 4.78 is 5.42. The van der Waals surface area contributed by atoms with Gasteiger partial charge in [-0.1, -0.05) is 12.2 Å². The Morgan fingerprint density at radius 2 is 2.05 bits per heavy atom. The summed E-state index contributed by atoms with van der Waals surface area (Å²) in [6.07, 6.45) is 2.49. The number of piperidine rings is 1. The zero-order valence-electron chi connectivity index (χ0n) is 12.5. The maximum absolute atomic E-state index is 12.2. The van der Waals surface area contributed by atoms with Crippen molar-refractivity contribution in [3.05, 3.63) is 12.2 Å². The Kier molecular flexibility index (Phi) is 5.15. The molecule has 1 amide bonds. The Morgan fingerprint density at radius 3 is 2.58 bits per heavy atom. The highest BCUT2D eigenvalue weighted by Crippen LogP contribution is 2.26. The number of ether oxygens (including phenoxy) is 1. The van der Waals surface area contributed by atoms with Gasteiger partial charge in [-0.25, -0.2) is 4.79 Å². The highest BCUT2D eigenvalue weighted by molar-refractivity contribution is 5.75. The van der Waals surface area contributed by atoms with Crippen LogP contribution in [0.25, 0.3) is 0 Å². The molecule has 1 fully saturated rings. The molecule has 1 rings (SSSR count). The average Bonchev–Trinajstić information content (AvgIpc) is 2.23. The lowest BCUT2D eigenvalue weighted by molar-refractivity contribution is -0.117. The third kappa shape index (κ3) is 5.45. The zero-order valence-corrected chi connectivity index (χ0v) is 12.5. The first-order valence-electron chi connectivity index (χ1n) is 6.85. The summed E-state index contributed by atoms with van der Waals surface area (Å²) in [7, 11) is 0. The number of amides is 1. The molecule has 0 radical (unpaired) electrons. The van der Waals surface area contributed by atoms with E-state index in [0.717, 1.165) is 18.4 Å². The topological polar surface area (TPSA) is 46.6 Å². The van der Waals surface area contributed by atoms with Crippen molar-refractivity contribution in [2.24, 2.45) is 0 Å². The van der Waals surface area contributed by atoms with Crippen LogP contribution in [0.5, 0.6) is 0 Å². The second kappa shape index (κ2) is 6.22. The SMILES string of the molecule is C=C1CCN(C(=O)OC(C)(C)C)C(CCC(C)=O)C1. The number of rotatable bonds is 3. The summed E-state index contributed by atoms with van der Waals surface area (Å²) in [5.74, 6) is 0.153. The van der Waals surface area contributed by atoms with Crippen molar-refractivity contribution in [1.29, 1.82) is 0 Å². The van der Waals surface area contributed by atoms with Gasteiger partial charge in [0.1, 0.15) is 11.4 Å². The van der Waals surface area contributed by atoms with E-state index in [1.165, 1.54) is 0 Å². The smallest absolute Gasteiger partial charge is 0.410 e. The molecule has 0 N–H and O–H groups in total. The van der Waals surface area contributed by atoms with E-state index < -0.39 is 5.60 Å². The largest absolute Gasteiger partial charge is 0.444 e. The van der Waals surface area contributed by atoms with Gasteiger partial charge in [0.05, 0.1) is 0 Å². The molecule has 1 aliphatic rings. The van der Waals surface area contributed by atoms with E-state index in [0.29, 0.717) is 19.4 Å². The molecule has 1 heterocycles. The van der Waals surface area contributed by atoms with Crippen LogP contribution in [-0.2, 0) is 9.53 Å². The quantitative estimate of drug-likeness (QED) is 0.737. The molecule has 0 aliphatic carbocycles. The van der Waals surface area contributed by atoms with Gasteiger partial charge in [0.2, 0.25) is 0 Å². The van der Waals surface area contributed by atoms with Crippen LogP contribution < -0.4 is 0 Å². The van der Waals surface area contributed by atoms with E-state index in [-0.39, 0.29) is 17.9 Å². The Balaban J connectivity index is 2.68. The van der Waals surface area contributed by atoms with Gasteiger partial charge in [0.15, 0.2) is 0 Å². The van der Waals surface area contributed by atoms with Gasteiger partial charge in [0.25, 0.3) is 0 Å². The monoisotopic (exact) mass is 267 g/mol. The molecular formula is C15H25NO3. The number of hydrogen-bond acceptors (Lipinski definition) is 3. The molecule has 19 heavy (non-hydrogen) atoms. The minimum Gasteiger partial charge on any atom is -0.444 e. The fraction of sp³-hybridized carbons (Fsp3) is 0.733. The molecule has 0 saturated carbocycles. The van der Waals surface area contributed by atoms with Crippen LogP contribution in [0.1, 0.15) is 53.4 Å². The highest BCUT2D eigenvalue weighted by atomic mass is 16.6. The predicted octanol–water partition coefficient (Wildman–Crippen LogP) is 3.31. The average molecular weight is 267 g/mol. The van der Waals surface area contributed by atoms with Gasteiger partial charge >= 0.3 is 6.09 Å². The van der Waals surface area contributed by atoms with Crippen molar-refractivity contribution in [2.45, 2.75) is 65.0 Å². The fourth-order valence-electron chi connectivity index (χ4n) is 2.20. The molecule has 1 atom stereocenters. The normalized spacial score (nSPS) is 20.3. The van der Waals surface area contributed by atoms with E-state index in [1.54, 1.807) is 11.8 Å². The number of hydrogen-bond donors (Lipinski definition) is 0. The standard InChI is InChI=1S/C15H25NO3/c1-11-8-9-16(14(18)19-15(3,4)5)13(10-11)7-6-12(2)17/h13H,1,6-10H2,2-5H3. The second-order valence-corrected chi connectivity index (χ2v) is 6.27. The van der Waals surface area contributed by atoms with Crippen molar-refractivity contribution < 1.29 is 14.3 Å². The molecule has 4 heteroatoms. The van der Waals surface area contributed by atoms with Gasteiger partial charge in [-0.3, -0.25) is 0 Å². The number of Topliss-reactive ketones (excluding diaryl/α,β-unsaturated/α-hetero) is 1. The molecule has 1 aliphatic heterocycles. The van der Waals surface area contributed by atoms with E-state index in [2.05, 4.69) is 6.58 Å². The number of ketones is 1. The van der Waals surface area contributed by atoms with Gasteiger partial charge in [-0.05, 0) is 47.0 Å². The number of carbonyl (C=O) groups excluding carboxylic acids is 2. The third-order valence-corrected chi connectivity index (χ3v) is 3.13. The molecule has 1 saturated heterocycles. The number of carbonyl (C=O) groups is 2. The molecule has 1 unspecified atom stereocenters. The first kappa shape index (κ1) is 15.7. The van der Waals surface area contributed by atoms with Crippen molar-refractivity contribution >= 4 is 11.9 Å². The number of likely N-dealkylation sites (tertiary alicyclic amines) is 1. The van der Waals surface area contributed by atoms with Crippen LogP contribution in [0.3, 0.4) is 0 Å². The Labute approximate surface area is 115 Å². The second-order valence-electron chi connectivity index (χ2n) is 6.27. The summed E-state index contributed by atoms with van der Waals surface area (Å²) in [5, 5.41) is 0. The maximum Gasteiger partial charge on any atom is 0.410 e. The summed E-state index contributed by atoms with van der Waals surface area (Å²) in [6, 6.07) is 0.0417. The van der Waals surface area contributed by atoms with Crippen LogP contribution >= 0.6 is 0 Å². The van der Waals surface area contributed by atoms with E-state index >= 15 is 0 Å². The van der Waals surface area contributed by atoms with Crippen LogP contribution in [0.2, 0.25) is 0 Å². The lowest BCUT2D eigenvalue weighted by Gasteiger charge is -2.37. The Hall–Kier alpha value is -1.32. The van der Waals surface area contributed by atoms with E-state index in [9.17, 15) is 9.59 Å². The summed E-state index contributed by atoms with van der Waals surface area (Å²) in [6.45, 7) is 11.8. The van der Waals surface area contributed by atoms with Crippen LogP contribution in [0, 0.1) is 0 Å². The Bertz CT molecular complexity index is 368. The first-order valence-corrected chi connectivity index (χ1v) is 6.85.